The minimum absolute atomic E-state index is 0.312. The molecule has 0 radical (unpaired) electrons. The van der Waals surface area contributed by atoms with Crippen molar-refractivity contribution in [2.75, 3.05) is 32.9 Å². The summed E-state index contributed by atoms with van der Waals surface area (Å²) in [7, 11) is 0. The van der Waals surface area contributed by atoms with Gasteiger partial charge in [0.15, 0.2) is 5.79 Å². The van der Waals surface area contributed by atoms with Gasteiger partial charge in [0.05, 0.1) is 25.9 Å². The first-order chi connectivity index (χ1) is 10.1. The van der Waals surface area contributed by atoms with Crippen molar-refractivity contribution in [2.24, 2.45) is 0 Å². The summed E-state index contributed by atoms with van der Waals surface area (Å²) in [5.41, 5.74) is 0. The summed E-state index contributed by atoms with van der Waals surface area (Å²) in [5.74, 6) is -0.322. The first-order valence-electron chi connectivity index (χ1n) is 8.52. The van der Waals surface area contributed by atoms with Gasteiger partial charge in [-0.1, -0.05) is 6.92 Å². The van der Waals surface area contributed by atoms with Crippen LogP contribution in [-0.2, 0) is 14.2 Å². The Labute approximate surface area is 128 Å². The van der Waals surface area contributed by atoms with Gasteiger partial charge in [0.25, 0.3) is 0 Å². The van der Waals surface area contributed by atoms with E-state index in [0.29, 0.717) is 24.2 Å². The van der Waals surface area contributed by atoms with Gasteiger partial charge in [-0.3, -0.25) is 4.90 Å². The van der Waals surface area contributed by atoms with Crippen LogP contribution in [0.1, 0.15) is 40.0 Å². The molecule has 0 bridgehead atoms. The van der Waals surface area contributed by atoms with Gasteiger partial charge in [-0.05, 0) is 26.8 Å². The highest BCUT2D eigenvalue weighted by Crippen LogP contribution is 2.39. The first kappa shape index (κ1) is 15.7. The molecular weight excluding hydrogens is 268 g/mol. The van der Waals surface area contributed by atoms with Crippen LogP contribution in [0.15, 0.2) is 0 Å². The molecule has 4 unspecified atom stereocenters. The molecule has 5 nitrogen and oxygen atoms in total. The zero-order valence-electron chi connectivity index (χ0n) is 13.6. The zero-order valence-corrected chi connectivity index (χ0v) is 13.6. The molecule has 2 aliphatic heterocycles. The predicted octanol–water partition coefficient (Wildman–Crippen LogP) is 1.37. The van der Waals surface area contributed by atoms with Crippen LogP contribution in [-0.4, -0.2) is 67.8 Å². The van der Waals surface area contributed by atoms with E-state index in [0.717, 1.165) is 52.2 Å². The molecule has 21 heavy (non-hydrogen) atoms. The van der Waals surface area contributed by atoms with E-state index in [-0.39, 0.29) is 5.79 Å². The number of nitrogens with zero attached hydrogens (tertiary/aromatic N) is 1. The van der Waals surface area contributed by atoms with Crippen molar-refractivity contribution in [3.8, 4) is 0 Å². The summed E-state index contributed by atoms with van der Waals surface area (Å²) in [4.78, 5) is 2.62. The second kappa shape index (κ2) is 6.50. The fourth-order valence-electron chi connectivity index (χ4n) is 4.13. The number of hydrogen-bond donors (Lipinski definition) is 1. The minimum atomic E-state index is -0.322. The van der Waals surface area contributed by atoms with Crippen LogP contribution in [0.3, 0.4) is 0 Å². The van der Waals surface area contributed by atoms with Gasteiger partial charge in [0.1, 0.15) is 0 Å². The lowest BCUT2D eigenvalue weighted by Crippen LogP contribution is -2.62. The molecule has 1 aliphatic carbocycles. The molecule has 0 aromatic carbocycles. The number of ether oxygens (including phenoxy) is 3. The number of morpholine rings is 1. The molecule has 0 aromatic rings. The van der Waals surface area contributed by atoms with E-state index in [9.17, 15) is 0 Å². The normalized spacial score (nSPS) is 40.7. The topological polar surface area (TPSA) is 43.0 Å². The molecule has 0 amide bonds. The standard InChI is InChI=1S/C16H30N2O3/c1-4-17-14-5-6-16(20-7-8-21-16)9-15(14)18-10-13(3)19-11-12(18)2/h12-15,17H,4-11H2,1-3H3. The predicted molar refractivity (Wildman–Crippen MR) is 81.3 cm³/mol. The van der Waals surface area contributed by atoms with Crippen molar-refractivity contribution >= 4 is 0 Å². The van der Waals surface area contributed by atoms with E-state index >= 15 is 0 Å². The van der Waals surface area contributed by atoms with Crippen molar-refractivity contribution in [3.05, 3.63) is 0 Å². The quantitative estimate of drug-likeness (QED) is 0.852. The molecule has 3 rings (SSSR count). The largest absolute Gasteiger partial charge is 0.376 e. The number of rotatable bonds is 3. The van der Waals surface area contributed by atoms with Crippen LogP contribution >= 0.6 is 0 Å². The average Bonchev–Trinajstić information content (AvgIpc) is 2.92. The first-order valence-corrected chi connectivity index (χ1v) is 8.52. The molecule has 2 heterocycles. The maximum absolute atomic E-state index is 5.98. The van der Waals surface area contributed by atoms with E-state index in [1.165, 1.54) is 0 Å². The Morgan fingerprint density at radius 3 is 2.71 bits per heavy atom. The average molecular weight is 298 g/mol. The number of hydrogen-bond acceptors (Lipinski definition) is 5. The van der Waals surface area contributed by atoms with E-state index in [2.05, 4.69) is 31.0 Å². The third-order valence-corrected chi connectivity index (χ3v) is 5.18. The van der Waals surface area contributed by atoms with Gasteiger partial charge in [-0.15, -0.1) is 0 Å². The van der Waals surface area contributed by atoms with Gasteiger partial charge >= 0.3 is 0 Å². The lowest BCUT2D eigenvalue weighted by molar-refractivity contribution is -0.201. The van der Waals surface area contributed by atoms with Gasteiger partial charge < -0.3 is 19.5 Å². The lowest BCUT2D eigenvalue weighted by Gasteiger charge is -2.50. The molecule has 2 saturated heterocycles. The van der Waals surface area contributed by atoms with Gasteiger partial charge in [0, 0.05) is 37.5 Å². The van der Waals surface area contributed by atoms with Crippen molar-refractivity contribution in [1.82, 2.24) is 10.2 Å². The van der Waals surface area contributed by atoms with E-state index in [1.807, 2.05) is 0 Å². The third kappa shape index (κ3) is 3.27. The Balaban J connectivity index is 1.76. The van der Waals surface area contributed by atoms with E-state index in [1.54, 1.807) is 0 Å². The summed E-state index contributed by atoms with van der Waals surface area (Å²) in [6.07, 6.45) is 3.42. The Morgan fingerprint density at radius 1 is 1.24 bits per heavy atom. The Hall–Kier alpha value is -0.200. The molecule has 3 fully saturated rings. The van der Waals surface area contributed by atoms with Crippen LogP contribution in [0.2, 0.25) is 0 Å². The summed E-state index contributed by atoms with van der Waals surface area (Å²) < 4.78 is 17.8. The molecule has 1 saturated carbocycles. The number of nitrogens with one attached hydrogen (secondary N) is 1. The van der Waals surface area contributed by atoms with Crippen LogP contribution in [0, 0.1) is 0 Å². The van der Waals surface area contributed by atoms with Crippen molar-refractivity contribution < 1.29 is 14.2 Å². The fraction of sp³-hybridized carbons (Fsp3) is 1.00. The Morgan fingerprint density at radius 2 is 2.00 bits per heavy atom. The second-order valence-corrected chi connectivity index (χ2v) is 6.77. The van der Waals surface area contributed by atoms with Gasteiger partial charge in [-0.2, -0.15) is 0 Å². The molecular formula is C16H30N2O3. The van der Waals surface area contributed by atoms with Crippen molar-refractivity contribution in [3.63, 3.8) is 0 Å². The third-order valence-electron chi connectivity index (χ3n) is 5.18. The maximum atomic E-state index is 5.98. The van der Waals surface area contributed by atoms with Gasteiger partial charge in [-0.25, -0.2) is 0 Å². The Bertz CT molecular complexity index is 346. The molecule has 122 valence electrons. The van der Waals surface area contributed by atoms with Crippen LogP contribution < -0.4 is 5.32 Å². The molecule has 1 N–H and O–H groups in total. The van der Waals surface area contributed by atoms with Crippen LogP contribution in [0.5, 0.6) is 0 Å². The molecule has 4 atom stereocenters. The lowest BCUT2D eigenvalue weighted by atomic mass is 9.83. The van der Waals surface area contributed by atoms with Crippen molar-refractivity contribution in [1.29, 1.82) is 0 Å². The Kier molecular flexibility index (Phi) is 4.86. The summed E-state index contributed by atoms with van der Waals surface area (Å²) in [5, 5.41) is 3.68. The molecule has 0 aromatic heterocycles. The SMILES string of the molecule is CCNC1CCC2(CC1N1CC(C)OCC1C)OCCO2. The van der Waals surface area contributed by atoms with E-state index < -0.39 is 0 Å². The summed E-state index contributed by atoms with van der Waals surface area (Å²) >= 11 is 0. The van der Waals surface area contributed by atoms with E-state index in [4.69, 9.17) is 14.2 Å². The minimum Gasteiger partial charge on any atom is -0.376 e. The summed E-state index contributed by atoms with van der Waals surface area (Å²) in [6.45, 7) is 11.0. The van der Waals surface area contributed by atoms with Gasteiger partial charge in [0.2, 0.25) is 0 Å². The molecule has 1 spiro atoms. The fourth-order valence-corrected chi connectivity index (χ4v) is 4.13. The highest BCUT2D eigenvalue weighted by molar-refractivity contribution is 4.98. The smallest absolute Gasteiger partial charge is 0.170 e. The van der Waals surface area contributed by atoms with Crippen LogP contribution in [0.4, 0.5) is 0 Å². The highest BCUT2D eigenvalue weighted by atomic mass is 16.7. The molecule has 3 aliphatic rings. The summed E-state index contributed by atoms with van der Waals surface area (Å²) in [6, 6.07) is 1.46. The second-order valence-electron chi connectivity index (χ2n) is 6.77. The monoisotopic (exact) mass is 298 g/mol. The van der Waals surface area contributed by atoms with Crippen LogP contribution in [0.25, 0.3) is 0 Å². The highest BCUT2D eigenvalue weighted by Gasteiger charge is 2.48. The maximum Gasteiger partial charge on any atom is 0.170 e. The number of likely N-dealkylation sites (N-methyl/N-ethyl adjacent to an activating group) is 1. The zero-order chi connectivity index (χ0) is 14.9. The molecule has 5 heteroatoms. The van der Waals surface area contributed by atoms with Crippen molar-refractivity contribution in [2.45, 2.75) is 70.1 Å².